The summed E-state index contributed by atoms with van der Waals surface area (Å²) in [6.45, 7) is 5.09. The molecule has 1 atom stereocenters. The van der Waals surface area contributed by atoms with E-state index >= 15 is 0 Å². The second-order valence-corrected chi connectivity index (χ2v) is 11.1. The minimum absolute atomic E-state index is 0.0599. The molecular formula is C24H27N3O3S2. The molecule has 1 aliphatic heterocycles. The average molecular weight is 470 g/mol. The molecule has 1 aliphatic rings. The van der Waals surface area contributed by atoms with Gasteiger partial charge in [-0.05, 0) is 68.1 Å². The summed E-state index contributed by atoms with van der Waals surface area (Å²) in [5.74, 6) is -0.0599. The van der Waals surface area contributed by atoms with Crippen molar-refractivity contribution in [3.8, 4) is 0 Å². The Kier molecular flexibility index (Phi) is 6.83. The number of amides is 1. The maximum Gasteiger partial charge on any atom is 0.243 e. The number of para-hydroxylation sites is 1. The Morgan fingerprint density at radius 1 is 1.12 bits per heavy atom. The first kappa shape index (κ1) is 22.8. The van der Waals surface area contributed by atoms with Crippen molar-refractivity contribution in [2.24, 2.45) is 0 Å². The molecule has 0 radical (unpaired) electrons. The van der Waals surface area contributed by atoms with Gasteiger partial charge < -0.3 is 5.32 Å². The van der Waals surface area contributed by atoms with Crippen molar-refractivity contribution >= 4 is 44.3 Å². The molecule has 1 N–H and O–H groups in total. The van der Waals surface area contributed by atoms with Crippen molar-refractivity contribution < 1.29 is 13.2 Å². The van der Waals surface area contributed by atoms with Gasteiger partial charge in [-0.3, -0.25) is 4.79 Å². The van der Waals surface area contributed by atoms with E-state index in [1.165, 1.54) is 11.8 Å². The first-order chi connectivity index (χ1) is 15.4. The molecule has 0 spiro atoms. The summed E-state index contributed by atoms with van der Waals surface area (Å²) in [7, 11) is -3.47. The molecule has 1 fully saturated rings. The van der Waals surface area contributed by atoms with Gasteiger partial charge in [0.1, 0.15) is 0 Å². The molecule has 2 aromatic carbocycles. The number of carbonyl (C=O) groups is 1. The number of aryl methyl sites for hydroxylation is 1. The summed E-state index contributed by atoms with van der Waals surface area (Å²) in [5, 5.41) is 4.24. The zero-order valence-electron chi connectivity index (χ0n) is 18.2. The summed E-state index contributed by atoms with van der Waals surface area (Å²) in [6, 6.07) is 16.5. The molecule has 1 saturated heterocycles. The molecule has 4 rings (SSSR count). The van der Waals surface area contributed by atoms with Gasteiger partial charge in [0.15, 0.2) is 0 Å². The number of hydrogen-bond donors (Lipinski definition) is 1. The van der Waals surface area contributed by atoms with E-state index in [0.717, 1.165) is 40.0 Å². The first-order valence-corrected chi connectivity index (χ1v) is 13.1. The zero-order chi connectivity index (χ0) is 22.7. The van der Waals surface area contributed by atoms with E-state index in [1.54, 1.807) is 22.5 Å². The van der Waals surface area contributed by atoms with Crippen LogP contribution in [0.4, 0.5) is 5.69 Å². The van der Waals surface area contributed by atoms with Crippen molar-refractivity contribution in [2.45, 2.75) is 48.3 Å². The van der Waals surface area contributed by atoms with Crippen LogP contribution in [0.3, 0.4) is 0 Å². The average Bonchev–Trinajstić information content (AvgIpc) is 3.34. The van der Waals surface area contributed by atoms with E-state index in [-0.39, 0.29) is 11.2 Å². The van der Waals surface area contributed by atoms with Crippen LogP contribution in [-0.2, 0) is 14.8 Å². The van der Waals surface area contributed by atoms with Gasteiger partial charge in [-0.25, -0.2) is 13.4 Å². The van der Waals surface area contributed by atoms with Crippen molar-refractivity contribution in [1.82, 2.24) is 9.29 Å². The van der Waals surface area contributed by atoms with Gasteiger partial charge in [-0.2, -0.15) is 4.31 Å². The normalized spacial score (nSPS) is 15.7. The highest BCUT2D eigenvalue weighted by Gasteiger charge is 2.27. The Bertz CT molecular complexity index is 1220. The highest BCUT2D eigenvalue weighted by molar-refractivity contribution is 8.00. The van der Waals surface area contributed by atoms with Crippen molar-refractivity contribution in [1.29, 1.82) is 0 Å². The van der Waals surface area contributed by atoms with Crippen LogP contribution in [0, 0.1) is 6.92 Å². The SMILES string of the molecule is CCC(Sc1cc(C)c2cc(S(=O)(=O)N3CCCC3)ccc2n1)C(=O)Nc1ccccc1. The third-order valence-corrected chi connectivity index (χ3v) is 8.81. The lowest BCUT2D eigenvalue weighted by molar-refractivity contribution is -0.115. The fourth-order valence-corrected chi connectivity index (χ4v) is 6.42. The third kappa shape index (κ3) is 4.82. The molecule has 168 valence electrons. The number of carbonyl (C=O) groups excluding carboxylic acids is 1. The molecule has 1 unspecified atom stereocenters. The van der Waals surface area contributed by atoms with E-state index in [4.69, 9.17) is 4.98 Å². The summed E-state index contributed by atoms with van der Waals surface area (Å²) < 4.78 is 27.4. The van der Waals surface area contributed by atoms with Crippen molar-refractivity contribution in [3.05, 3.63) is 60.2 Å². The molecule has 8 heteroatoms. The zero-order valence-corrected chi connectivity index (χ0v) is 19.9. The molecule has 0 aliphatic carbocycles. The second kappa shape index (κ2) is 9.60. The number of thioether (sulfide) groups is 1. The number of fused-ring (bicyclic) bond motifs is 1. The molecular weight excluding hydrogens is 442 g/mol. The Morgan fingerprint density at radius 3 is 2.53 bits per heavy atom. The molecule has 2 heterocycles. The number of anilines is 1. The molecule has 0 saturated carbocycles. The summed E-state index contributed by atoms with van der Waals surface area (Å²) in [5.41, 5.74) is 2.44. The topological polar surface area (TPSA) is 79.4 Å². The Balaban J connectivity index is 1.57. The van der Waals surface area contributed by atoms with Gasteiger partial charge in [-0.1, -0.05) is 36.9 Å². The fraction of sp³-hybridized carbons (Fsp3) is 0.333. The van der Waals surface area contributed by atoms with E-state index in [9.17, 15) is 13.2 Å². The monoisotopic (exact) mass is 469 g/mol. The summed E-state index contributed by atoms with van der Waals surface area (Å²) in [4.78, 5) is 17.8. The number of aromatic nitrogens is 1. The molecule has 1 aromatic heterocycles. The predicted molar refractivity (Wildman–Crippen MR) is 129 cm³/mol. The number of rotatable bonds is 7. The van der Waals surface area contributed by atoms with Crippen LogP contribution in [0.5, 0.6) is 0 Å². The number of sulfonamides is 1. The van der Waals surface area contributed by atoms with Gasteiger partial charge in [0.2, 0.25) is 15.9 Å². The van der Waals surface area contributed by atoms with Crippen LogP contribution < -0.4 is 5.32 Å². The van der Waals surface area contributed by atoms with E-state index in [0.29, 0.717) is 24.4 Å². The van der Waals surface area contributed by atoms with Crippen LogP contribution in [-0.4, -0.2) is 42.0 Å². The van der Waals surface area contributed by atoms with Crippen molar-refractivity contribution in [2.75, 3.05) is 18.4 Å². The number of hydrogen-bond acceptors (Lipinski definition) is 5. The fourth-order valence-electron chi connectivity index (χ4n) is 3.85. The van der Waals surface area contributed by atoms with Crippen LogP contribution in [0.15, 0.2) is 64.5 Å². The Hall–Kier alpha value is -2.42. The number of nitrogens with one attached hydrogen (secondary N) is 1. The van der Waals surface area contributed by atoms with Crippen LogP contribution in [0.2, 0.25) is 0 Å². The molecule has 6 nitrogen and oxygen atoms in total. The molecule has 3 aromatic rings. The predicted octanol–water partition coefficient (Wildman–Crippen LogP) is 4.84. The lowest BCUT2D eigenvalue weighted by Crippen LogP contribution is -2.27. The summed E-state index contributed by atoms with van der Waals surface area (Å²) >= 11 is 1.43. The first-order valence-electron chi connectivity index (χ1n) is 10.8. The quantitative estimate of drug-likeness (QED) is 0.501. The van der Waals surface area contributed by atoms with Gasteiger partial charge >= 0.3 is 0 Å². The molecule has 1 amide bonds. The van der Waals surface area contributed by atoms with Gasteiger partial charge in [-0.15, -0.1) is 0 Å². The lowest BCUT2D eigenvalue weighted by atomic mass is 10.1. The van der Waals surface area contributed by atoms with E-state index in [2.05, 4.69) is 5.32 Å². The maximum atomic E-state index is 12.9. The Labute approximate surface area is 193 Å². The van der Waals surface area contributed by atoms with Gasteiger partial charge in [0.05, 0.1) is 20.7 Å². The number of benzene rings is 2. The smallest absolute Gasteiger partial charge is 0.243 e. The van der Waals surface area contributed by atoms with Crippen LogP contribution in [0.1, 0.15) is 31.7 Å². The molecule has 32 heavy (non-hydrogen) atoms. The minimum Gasteiger partial charge on any atom is -0.325 e. The second-order valence-electron chi connectivity index (χ2n) is 7.94. The standard InChI is InChI=1S/C24H27N3O3S2/c1-3-22(24(28)25-18-9-5-4-6-10-18)31-23-15-17(2)20-16-19(11-12-21(20)26-23)32(29,30)27-13-7-8-14-27/h4-6,9-12,15-16,22H,3,7-8,13-14H2,1-2H3,(H,25,28). The minimum atomic E-state index is -3.47. The third-order valence-electron chi connectivity index (χ3n) is 5.63. The number of pyridine rings is 1. The van der Waals surface area contributed by atoms with Crippen LogP contribution >= 0.6 is 11.8 Å². The summed E-state index contributed by atoms with van der Waals surface area (Å²) in [6.07, 6.45) is 2.48. The van der Waals surface area contributed by atoms with E-state index in [1.807, 2.05) is 50.2 Å². The lowest BCUT2D eigenvalue weighted by Gasteiger charge is -2.17. The largest absolute Gasteiger partial charge is 0.325 e. The van der Waals surface area contributed by atoms with Crippen LogP contribution in [0.25, 0.3) is 10.9 Å². The highest BCUT2D eigenvalue weighted by atomic mass is 32.2. The van der Waals surface area contributed by atoms with Gasteiger partial charge in [0, 0.05) is 24.2 Å². The maximum absolute atomic E-state index is 12.9. The Morgan fingerprint density at radius 2 is 1.84 bits per heavy atom. The van der Waals surface area contributed by atoms with Crippen molar-refractivity contribution in [3.63, 3.8) is 0 Å². The van der Waals surface area contributed by atoms with Gasteiger partial charge in [0.25, 0.3) is 0 Å². The highest BCUT2D eigenvalue weighted by Crippen LogP contribution is 2.31. The number of nitrogens with zero attached hydrogens (tertiary/aromatic N) is 2. The van der Waals surface area contributed by atoms with E-state index < -0.39 is 10.0 Å². The molecule has 0 bridgehead atoms.